The monoisotopic (exact) mass is 715 g/mol. The largest absolute Gasteiger partial charge is 0.491 e. The van der Waals surface area contributed by atoms with Gasteiger partial charge in [-0.1, -0.05) is 52.0 Å². The minimum absolute atomic E-state index is 0.0375. The van der Waals surface area contributed by atoms with Gasteiger partial charge in [0.15, 0.2) is 0 Å². The number of aromatic nitrogens is 1. The normalized spacial score (nSPS) is 17.3. The molecule has 1 amide bonds. The van der Waals surface area contributed by atoms with Gasteiger partial charge in [-0.15, -0.1) is 0 Å². The molecule has 13 heteroatoms. The lowest BCUT2D eigenvalue weighted by Crippen LogP contribution is -2.50. The van der Waals surface area contributed by atoms with Gasteiger partial charge in [-0.3, -0.25) is 9.10 Å². The third-order valence-corrected chi connectivity index (χ3v) is 11.2. The van der Waals surface area contributed by atoms with Gasteiger partial charge in [0.05, 0.1) is 17.4 Å². The number of nitrogens with one attached hydrogen (secondary N) is 2. The van der Waals surface area contributed by atoms with Crippen molar-refractivity contribution in [1.29, 1.82) is 0 Å². The number of anilines is 2. The standard InChI is InChI=1S/C37H51F2N5O5S/c1-23(2)50(47,48)44(8)35-15-26(14-34(42-35)43(7)21-27-12-24(27)3)36(46)41-32(22-49-31-17-29(38)16-30(39)18-31)33(45)20-40-19-25-10-9-11-28(13-25)37(4,5)6/h9-11,13-18,23-24,27,32-33,40,45H,12,19-22H2,1-8H3,(H,41,46). The second-order valence-corrected chi connectivity index (χ2v) is 17.2. The number of aliphatic hydroxyl groups excluding tert-OH is 1. The maximum absolute atomic E-state index is 13.9. The Morgan fingerprint density at radius 1 is 1.06 bits per heavy atom. The van der Waals surface area contributed by atoms with Gasteiger partial charge in [-0.05, 0) is 60.8 Å². The minimum atomic E-state index is -3.77. The van der Waals surface area contributed by atoms with E-state index in [0.29, 0.717) is 30.7 Å². The van der Waals surface area contributed by atoms with Crippen molar-refractivity contribution in [3.8, 4) is 5.75 Å². The van der Waals surface area contributed by atoms with E-state index in [0.717, 1.165) is 34.5 Å². The molecule has 274 valence electrons. The van der Waals surface area contributed by atoms with E-state index in [1.165, 1.54) is 18.7 Å². The van der Waals surface area contributed by atoms with Crippen LogP contribution in [-0.2, 0) is 22.0 Å². The number of amides is 1. The molecular weight excluding hydrogens is 665 g/mol. The number of ether oxygens (including phenoxy) is 1. The Bertz CT molecular complexity index is 1730. The van der Waals surface area contributed by atoms with Crippen LogP contribution in [-0.4, -0.2) is 75.6 Å². The maximum atomic E-state index is 13.9. The van der Waals surface area contributed by atoms with Gasteiger partial charge < -0.3 is 25.4 Å². The molecule has 0 aliphatic heterocycles. The number of pyridine rings is 1. The van der Waals surface area contributed by atoms with Gasteiger partial charge in [-0.25, -0.2) is 22.2 Å². The van der Waals surface area contributed by atoms with Gasteiger partial charge in [0.2, 0.25) is 10.0 Å². The summed E-state index contributed by atoms with van der Waals surface area (Å²) in [5.74, 6) is -0.866. The molecule has 1 heterocycles. The predicted molar refractivity (Wildman–Crippen MR) is 193 cm³/mol. The summed E-state index contributed by atoms with van der Waals surface area (Å²) in [6.07, 6.45) is -0.115. The predicted octanol–water partition coefficient (Wildman–Crippen LogP) is 5.25. The molecule has 1 saturated carbocycles. The van der Waals surface area contributed by atoms with Crippen molar-refractivity contribution >= 4 is 27.6 Å². The van der Waals surface area contributed by atoms with Crippen LogP contribution in [0, 0.1) is 23.5 Å². The molecule has 0 radical (unpaired) electrons. The summed E-state index contributed by atoms with van der Waals surface area (Å²) in [6.45, 7) is 12.5. The fraction of sp³-hybridized carbons (Fsp3) is 0.514. The number of rotatable bonds is 16. The lowest BCUT2D eigenvalue weighted by Gasteiger charge is -2.27. The topological polar surface area (TPSA) is 124 Å². The number of aliphatic hydroxyl groups is 1. The van der Waals surface area contributed by atoms with E-state index in [2.05, 4.69) is 55.4 Å². The zero-order valence-electron chi connectivity index (χ0n) is 30.2. The number of carbonyl (C=O) groups is 1. The highest BCUT2D eigenvalue weighted by atomic mass is 32.2. The van der Waals surface area contributed by atoms with Crippen LogP contribution in [0.5, 0.6) is 5.75 Å². The Balaban J connectivity index is 1.58. The molecule has 3 N–H and O–H groups in total. The van der Waals surface area contributed by atoms with Gasteiger partial charge in [0.1, 0.15) is 35.6 Å². The Morgan fingerprint density at radius 2 is 1.70 bits per heavy atom. The number of halogens is 2. The van der Waals surface area contributed by atoms with Crippen molar-refractivity contribution in [2.45, 2.75) is 77.3 Å². The summed E-state index contributed by atoms with van der Waals surface area (Å²) in [5, 5.41) is 16.6. The Morgan fingerprint density at radius 3 is 2.30 bits per heavy atom. The Hall–Kier alpha value is -3.81. The van der Waals surface area contributed by atoms with E-state index in [1.54, 1.807) is 19.9 Å². The molecule has 3 aromatic rings. The SMILES string of the molecule is CC1CC1CN(C)c1cc(C(=O)NC(COc2cc(F)cc(F)c2)C(O)CNCc2cccc(C(C)(C)C)c2)cc(N(C)S(=O)(=O)C(C)C)n1. The van der Waals surface area contributed by atoms with Gasteiger partial charge in [0.25, 0.3) is 5.91 Å². The number of nitrogens with zero attached hydrogens (tertiary/aromatic N) is 3. The highest BCUT2D eigenvalue weighted by Crippen LogP contribution is 2.38. The average molecular weight is 716 g/mol. The van der Waals surface area contributed by atoms with Crippen LogP contribution >= 0.6 is 0 Å². The van der Waals surface area contributed by atoms with Crippen LogP contribution in [0.3, 0.4) is 0 Å². The molecule has 10 nitrogen and oxygen atoms in total. The maximum Gasteiger partial charge on any atom is 0.251 e. The van der Waals surface area contributed by atoms with E-state index in [-0.39, 0.29) is 35.7 Å². The molecule has 0 spiro atoms. The van der Waals surface area contributed by atoms with Crippen LogP contribution in [0.2, 0.25) is 0 Å². The van der Waals surface area contributed by atoms with Crippen molar-refractivity contribution in [2.75, 3.05) is 43.0 Å². The zero-order chi connectivity index (χ0) is 37.0. The first kappa shape index (κ1) is 39.0. The summed E-state index contributed by atoms with van der Waals surface area (Å²) in [5.41, 5.74) is 2.26. The molecule has 4 atom stereocenters. The third kappa shape index (κ3) is 10.4. The molecule has 1 fully saturated rings. The number of benzene rings is 2. The quantitative estimate of drug-likeness (QED) is 0.184. The Kier molecular flexibility index (Phi) is 12.5. The molecule has 4 rings (SSSR count). The molecule has 0 saturated heterocycles. The number of hydrogen-bond acceptors (Lipinski definition) is 8. The Labute approximate surface area is 295 Å². The lowest BCUT2D eigenvalue weighted by atomic mass is 9.86. The van der Waals surface area contributed by atoms with Crippen molar-refractivity contribution in [2.24, 2.45) is 11.8 Å². The molecule has 2 aromatic carbocycles. The summed E-state index contributed by atoms with van der Waals surface area (Å²) >= 11 is 0. The molecule has 4 unspecified atom stereocenters. The van der Waals surface area contributed by atoms with Crippen molar-refractivity contribution in [1.82, 2.24) is 15.6 Å². The minimum Gasteiger partial charge on any atom is -0.491 e. The first-order valence-electron chi connectivity index (χ1n) is 16.9. The van der Waals surface area contributed by atoms with Gasteiger partial charge in [0, 0.05) is 57.5 Å². The molecule has 1 aliphatic rings. The van der Waals surface area contributed by atoms with E-state index in [4.69, 9.17) is 4.74 Å². The van der Waals surface area contributed by atoms with Crippen LogP contribution in [0.1, 0.15) is 69.4 Å². The highest BCUT2D eigenvalue weighted by Gasteiger charge is 2.34. The molecule has 0 bridgehead atoms. The van der Waals surface area contributed by atoms with Gasteiger partial charge in [-0.2, -0.15) is 0 Å². The summed E-state index contributed by atoms with van der Waals surface area (Å²) in [6, 6.07) is 12.8. The zero-order valence-corrected chi connectivity index (χ0v) is 31.0. The molecule has 1 aromatic heterocycles. The first-order chi connectivity index (χ1) is 23.3. The van der Waals surface area contributed by atoms with Crippen LogP contribution in [0.25, 0.3) is 0 Å². The number of sulfonamides is 1. The second kappa shape index (κ2) is 16.0. The molecule has 1 aliphatic carbocycles. The van der Waals surface area contributed by atoms with Crippen LogP contribution in [0.15, 0.2) is 54.6 Å². The van der Waals surface area contributed by atoms with E-state index < -0.39 is 45.0 Å². The van der Waals surface area contributed by atoms with Crippen molar-refractivity contribution in [3.05, 3.63) is 82.9 Å². The van der Waals surface area contributed by atoms with Crippen molar-refractivity contribution in [3.63, 3.8) is 0 Å². The summed E-state index contributed by atoms with van der Waals surface area (Å²) in [7, 11) is -0.530. The molecule has 50 heavy (non-hydrogen) atoms. The van der Waals surface area contributed by atoms with Crippen LogP contribution < -0.4 is 24.6 Å². The average Bonchev–Trinajstić information content (AvgIpc) is 3.74. The highest BCUT2D eigenvalue weighted by molar-refractivity contribution is 7.93. The number of hydrogen-bond donors (Lipinski definition) is 3. The van der Waals surface area contributed by atoms with Gasteiger partial charge >= 0.3 is 0 Å². The summed E-state index contributed by atoms with van der Waals surface area (Å²) < 4.78 is 60.7. The smallest absolute Gasteiger partial charge is 0.251 e. The third-order valence-electron chi connectivity index (χ3n) is 9.06. The second-order valence-electron chi connectivity index (χ2n) is 14.6. The van der Waals surface area contributed by atoms with E-state index in [1.807, 2.05) is 24.1 Å². The molecular formula is C37H51F2N5O5S. The van der Waals surface area contributed by atoms with Crippen LogP contribution in [0.4, 0.5) is 20.4 Å². The fourth-order valence-corrected chi connectivity index (χ4v) is 6.47. The summed E-state index contributed by atoms with van der Waals surface area (Å²) in [4.78, 5) is 20.4. The lowest BCUT2D eigenvalue weighted by molar-refractivity contribution is 0.0732. The fourth-order valence-electron chi connectivity index (χ4n) is 5.49. The van der Waals surface area contributed by atoms with E-state index in [9.17, 15) is 27.1 Å². The number of carbonyl (C=O) groups excluding carboxylic acids is 1. The van der Waals surface area contributed by atoms with Crippen molar-refractivity contribution < 1.29 is 31.8 Å². The van der Waals surface area contributed by atoms with E-state index >= 15 is 0 Å². The first-order valence-corrected chi connectivity index (χ1v) is 18.4.